The van der Waals surface area contributed by atoms with E-state index in [-0.39, 0.29) is 6.61 Å². The van der Waals surface area contributed by atoms with Gasteiger partial charge in [0.05, 0.1) is 0 Å². The third kappa shape index (κ3) is 4.57. The Balaban J connectivity index is 1.81. The Morgan fingerprint density at radius 1 is 0.528 bits per heavy atom. The van der Waals surface area contributed by atoms with Crippen LogP contribution < -0.4 is 4.74 Å². The molecular weight excluding hydrogens is 460 g/mol. The maximum absolute atomic E-state index is 6.46. The second-order valence-electron chi connectivity index (χ2n) is 8.18. The average Bonchev–Trinajstić information content (AvgIpc) is 2.94. The minimum atomic E-state index is -1.36. The Morgan fingerprint density at radius 2 is 0.972 bits per heavy atom. The van der Waals surface area contributed by atoms with Crippen molar-refractivity contribution in [1.29, 1.82) is 0 Å². The molecule has 7 heteroatoms. The molecule has 0 bridgehead atoms. The molecule has 0 amide bonds. The van der Waals surface area contributed by atoms with Crippen LogP contribution in [-0.4, -0.2) is 42.7 Å². The fourth-order valence-corrected chi connectivity index (χ4v) is 4.62. The number of hydrogen-bond acceptors (Lipinski definition) is 7. The number of hydrogen-bond donors (Lipinski definition) is 0. The minimum absolute atomic E-state index is 0.287. The van der Waals surface area contributed by atoms with Crippen LogP contribution in [0.25, 0.3) is 21.5 Å². The molecule has 0 aliphatic rings. The predicted molar refractivity (Wildman–Crippen MR) is 138 cm³/mol. The average molecular weight is 493 g/mol. The molecule has 0 fully saturated rings. The van der Waals surface area contributed by atoms with Crippen LogP contribution in [-0.2, 0) is 47.0 Å². The molecule has 7 nitrogen and oxygen atoms in total. The zero-order valence-electron chi connectivity index (χ0n) is 21.5. The van der Waals surface area contributed by atoms with Crippen LogP contribution in [0.5, 0.6) is 5.75 Å². The Kier molecular flexibility index (Phi) is 7.90. The van der Waals surface area contributed by atoms with Gasteiger partial charge in [-0.1, -0.05) is 48.5 Å². The zero-order valence-corrected chi connectivity index (χ0v) is 21.5. The summed E-state index contributed by atoms with van der Waals surface area (Å²) in [5.74, 6) is -2.02. The maximum atomic E-state index is 6.46. The Morgan fingerprint density at radius 3 is 1.50 bits per heavy atom. The summed E-state index contributed by atoms with van der Waals surface area (Å²) in [5, 5.41) is 3.99. The molecule has 4 aromatic carbocycles. The van der Waals surface area contributed by atoms with Crippen LogP contribution in [0.2, 0.25) is 0 Å². The van der Waals surface area contributed by atoms with E-state index in [1.54, 1.807) is 21.3 Å². The lowest BCUT2D eigenvalue weighted by atomic mass is 9.99. The lowest BCUT2D eigenvalue weighted by molar-refractivity contribution is -0.364. The fourth-order valence-electron chi connectivity index (χ4n) is 4.62. The zero-order chi connectivity index (χ0) is 25.8. The summed E-state index contributed by atoms with van der Waals surface area (Å²) >= 11 is 0. The van der Waals surface area contributed by atoms with Crippen molar-refractivity contribution >= 4 is 21.5 Å². The molecule has 0 unspecified atom stereocenters. The summed E-state index contributed by atoms with van der Waals surface area (Å²) in [4.78, 5) is 0. The third-order valence-corrected chi connectivity index (χ3v) is 6.47. The highest BCUT2D eigenvalue weighted by molar-refractivity contribution is 5.89. The third-order valence-electron chi connectivity index (χ3n) is 6.47. The highest BCUT2D eigenvalue weighted by atomic mass is 16.9. The second-order valence-corrected chi connectivity index (χ2v) is 8.18. The molecule has 0 heterocycles. The van der Waals surface area contributed by atoms with Gasteiger partial charge in [0, 0.05) is 59.2 Å². The first-order chi connectivity index (χ1) is 17.5. The van der Waals surface area contributed by atoms with Gasteiger partial charge in [0.25, 0.3) is 0 Å². The smallest absolute Gasteiger partial charge is 0.311 e. The van der Waals surface area contributed by atoms with E-state index in [9.17, 15) is 0 Å². The van der Waals surface area contributed by atoms with Gasteiger partial charge in [0.15, 0.2) is 0 Å². The van der Waals surface area contributed by atoms with Crippen molar-refractivity contribution in [3.05, 3.63) is 89.5 Å². The molecule has 0 saturated heterocycles. The van der Waals surface area contributed by atoms with Crippen molar-refractivity contribution in [2.45, 2.75) is 18.6 Å². The van der Waals surface area contributed by atoms with Gasteiger partial charge in [-0.05, 0) is 46.0 Å². The molecule has 0 atom stereocenters. The Labute approximate surface area is 211 Å². The molecule has 0 spiro atoms. The molecule has 0 aliphatic heterocycles. The van der Waals surface area contributed by atoms with Crippen molar-refractivity contribution in [1.82, 2.24) is 0 Å². The largest absolute Gasteiger partial charge is 0.488 e. The van der Waals surface area contributed by atoms with Crippen LogP contribution in [0.3, 0.4) is 0 Å². The fraction of sp³-hybridized carbons (Fsp3) is 0.310. The molecule has 0 aliphatic carbocycles. The molecule has 0 saturated carbocycles. The van der Waals surface area contributed by atoms with Crippen LogP contribution >= 0.6 is 0 Å². The first-order valence-corrected chi connectivity index (χ1v) is 11.5. The van der Waals surface area contributed by atoms with E-state index in [1.807, 2.05) is 66.7 Å². The summed E-state index contributed by atoms with van der Waals surface area (Å²) in [6.07, 6.45) is 0. The Bertz CT molecular complexity index is 1210. The lowest BCUT2D eigenvalue weighted by Crippen LogP contribution is -2.33. The highest BCUT2D eigenvalue weighted by Gasteiger charge is 2.34. The predicted octanol–water partition coefficient (Wildman–Crippen LogP) is 5.67. The Hall–Kier alpha value is -3.04. The maximum Gasteiger partial charge on any atom is 0.311 e. The standard InChI is InChI=1S/C29H32O7/c1-30-28(31-2,32-3)23-15-20-11-7-9-13-25(20)22(17-23)19-36-27-18-24(29(33-4,34-5)35-6)16-21-12-8-10-14-26(21)27/h7-18H,19H2,1-6H3. The number of fused-ring (bicyclic) bond motifs is 2. The number of benzene rings is 4. The first kappa shape index (κ1) is 26.0. The van der Waals surface area contributed by atoms with E-state index in [2.05, 4.69) is 6.07 Å². The first-order valence-electron chi connectivity index (χ1n) is 11.5. The van der Waals surface area contributed by atoms with Gasteiger partial charge in [0.2, 0.25) is 0 Å². The van der Waals surface area contributed by atoms with Crippen molar-refractivity contribution in [3.8, 4) is 5.75 Å². The molecule has 0 radical (unpaired) electrons. The van der Waals surface area contributed by atoms with Crippen molar-refractivity contribution in [3.63, 3.8) is 0 Å². The molecule has 4 aromatic rings. The topological polar surface area (TPSA) is 64.6 Å². The van der Waals surface area contributed by atoms with Gasteiger partial charge in [-0.2, -0.15) is 0 Å². The van der Waals surface area contributed by atoms with Gasteiger partial charge >= 0.3 is 11.9 Å². The molecule has 190 valence electrons. The van der Waals surface area contributed by atoms with Gasteiger partial charge < -0.3 is 33.2 Å². The number of rotatable bonds is 11. The lowest BCUT2D eigenvalue weighted by Gasteiger charge is -2.30. The van der Waals surface area contributed by atoms with E-state index in [4.69, 9.17) is 33.2 Å². The second kappa shape index (κ2) is 10.9. The minimum Gasteiger partial charge on any atom is -0.488 e. The van der Waals surface area contributed by atoms with E-state index in [0.717, 1.165) is 32.7 Å². The van der Waals surface area contributed by atoms with E-state index >= 15 is 0 Å². The monoisotopic (exact) mass is 492 g/mol. The molecular formula is C29H32O7. The highest BCUT2D eigenvalue weighted by Crippen LogP contribution is 2.37. The van der Waals surface area contributed by atoms with Crippen LogP contribution in [0.1, 0.15) is 16.7 Å². The van der Waals surface area contributed by atoms with Crippen molar-refractivity contribution < 1.29 is 33.2 Å². The SMILES string of the molecule is COC(OC)(OC)c1cc(COc2cc(C(OC)(OC)OC)cc3ccccc23)c2ccccc2c1. The summed E-state index contributed by atoms with van der Waals surface area (Å²) in [6, 6.07) is 23.9. The molecule has 0 N–H and O–H groups in total. The van der Waals surface area contributed by atoms with Crippen LogP contribution in [0, 0.1) is 0 Å². The van der Waals surface area contributed by atoms with Crippen molar-refractivity contribution in [2.24, 2.45) is 0 Å². The van der Waals surface area contributed by atoms with Gasteiger partial charge in [-0.15, -0.1) is 0 Å². The number of ether oxygens (including phenoxy) is 7. The molecule has 4 rings (SSSR count). The van der Waals surface area contributed by atoms with E-state index < -0.39 is 11.9 Å². The summed E-state index contributed by atoms with van der Waals surface area (Å²) in [6.45, 7) is 0.287. The number of methoxy groups -OCH3 is 6. The summed E-state index contributed by atoms with van der Waals surface area (Å²) in [5.41, 5.74) is 2.35. The van der Waals surface area contributed by atoms with Gasteiger partial charge in [0.1, 0.15) is 12.4 Å². The van der Waals surface area contributed by atoms with E-state index in [0.29, 0.717) is 11.3 Å². The van der Waals surface area contributed by atoms with E-state index in [1.165, 1.54) is 21.3 Å². The van der Waals surface area contributed by atoms with Crippen LogP contribution in [0.15, 0.2) is 72.8 Å². The molecule has 36 heavy (non-hydrogen) atoms. The van der Waals surface area contributed by atoms with Gasteiger partial charge in [-0.3, -0.25) is 0 Å². The normalized spacial score (nSPS) is 12.4. The van der Waals surface area contributed by atoms with Crippen LogP contribution in [0.4, 0.5) is 0 Å². The quantitative estimate of drug-likeness (QED) is 0.250. The summed E-state index contributed by atoms with van der Waals surface area (Å²) < 4.78 is 40.1. The van der Waals surface area contributed by atoms with Crippen molar-refractivity contribution in [2.75, 3.05) is 42.7 Å². The van der Waals surface area contributed by atoms with Gasteiger partial charge in [-0.25, -0.2) is 0 Å². The summed E-state index contributed by atoms with van der Waals surface area (Å²) in [7, 11) is 9.24. The molecule has 0 aromatic heterocycles.